The molecule has 0 spiro atoms. The summed E-state index contributed by atoms with van der Waals surface area (Å²) in [7, 11) is 0. The van der Waals surface area contributed by atoms with Crippen molar-refractivity contribution in [2.45, 2.75) is 108 Å². The Hall–Kier alpha value is -5.95. The molecule has 0 bridgehead atoms. The van der Waals surface area contributed by atoms with E-state index in [-0.39, 0.29) is 19.4 Å². The first-order valence-electron chi connectivity index (χ1n) is 17.1. The van der Waals surface area contributed by atoms with Crippen molar-refractivity contribution in [3.8, 4) is 0 Å². The van der Waals surface area contributed by atoms with Gasteiger partial charge in [-0.25, -0.2) is 4.79 Å². The first-order valence-corrected chi connectivity index (χ1v) is 17.1. The third kappa shape index (κ3) is 15.4. The van der Waals surface area contributed by atoms with Gasteiger partial charge in [-0.15, -0.1) is 0 Å². The maximum Gasteiger partial charge on any atom is 0.326 e. The van der Waals surface area contributed by atoms with Crippen molar-refractivity contribution in [3.63, 3.8) is 0 Å². The number of hydrogen-bond acceptors (Lipinski definition) is 14. The van der Waals surface area contributed by atoms with Gasteiger partial charge < -0.3 is 73.4 Å². The van der Waals surface area contributed by atoms with Crippen LogP contribution in [0.2, 0.25) is 0 Å². The van der Waals surface area contributed by atoms with E-state index in [9.17, 15) is 73.2 Å². The minimum Gasteiger partial charge on any atom is -0.481 e. The van der Waals surface area contributed by atoms with Crippen LogP contribution in [0.4, 0.5) is 0 Å². The van der Waals surface area contributed by atoms with E-state index in [1.807, 2.05) is 5.32 Å². The Kier molecular flexibility index (Phi) is 19.3. The Morgan fingerprint density at radius 1 is 0.643 bits per heavy atom. The number of nitrogens with zero attached hydrogens (tertiary/aromatic N) is 1. The van der Waals surface area contributed by atoms with Crippen LogP contribution in [0, 0.1) is 0 Å². The fraction of sp³-hybridized carbons (Fsp3) is 0.645. The predicted octanol–water partition coefficient (Wildman–Crippen LogP) is -7.20. The molecular weight excluding hydrogens is 754 g/mol. The molecule has 0 aromatic carbocycles. The zero-order valence-electron chi connectivity index (χ0n) is 30.9. The summed E-state index contributed by atoms with van der Waals surface area (Å²) in [5.74, 6) is -12.7. The van der Waals surface area contributed by atoms with Crippen LogP contribution in [-0.2, 0) is 52.7 Å². The number of carbonyl (C=O) groups is 11. The van der Waals surface area contributed by atoms with Gasteiger partial charge in [-0.05, 0) is 40.5 Å². The van der Waals surface area contributed by atoms with Crippen molar-refractivity contribution >= 4 is 65.2 Å². The molecule has 0 aromatic rings. The van der Waals surface area contributed by atoms with Gasteiger partial charge in [0.1, 0.15) is 42.3 Å². The number of aliphatic hydroxyl groups is 2. The molecule has 0 unspecified atom stereocenters. The molecular formula is C31H49N9O16. The number of hydrogen-bond donors (Lipinski definition) is 13. The van der Waals surface area contributed by atoms with E-state index < -0.39 is 146 Å². The zero-order chi connectivity index (χ0) is 43.0. The highest BCUT2D eigenvalue weighted by Gasteiger charge is 2.41. The fourth-order valence-corrected chi connectivity index (χ4v) is 5.12. The molecule has 0 aliphatic carbocycles. The van der Waals surface area contributed by atoms with Gasteiger partial charge in [0.05, 0.1) is 38.1 Å². The predicted molar refractivity (Wildman–Crippen MR) is 185 cm³/mol. The van der Waals surface area contributed by atoms with E-state index in [0.29, 0.717) is 0 Å². The Morgan fingerprint density at radius 2 is 1.16 bits per heavy atom. The normalized spacial score (nSPS) is 17.8. The molecule has 1 rings (SSSR count). The Labute approximate surface area is 318 Å². The molecule has 1 heterocycles. The van der Waals surface area contributed by atoms with E-state index in [2.05, 4.69) is 31.9 Å². The average Bonchev–Trinajstić information content (AvgIpc) is 3.60. The third-order valence-electron chi connectivity index (χ3n) is 8.10. The molecule has 25 heteroatoms. The number of amides is 8. The average molecular weight is 804 g/mol. The number of aliphatic carboxylic acids is 3. The molecule has 8 amide bonds. The van der Waals surface area contributed by atoms with Crippen molar-refractivity contribution in [2.24, 2.45) is 5.73 Å². The first kappa shape index (κ1) is 48.1. The number of rotatable bonds is 22. The summed E-state index contributed by atoms with van der Waals surface area (Å²) < 4.78 is 0. The zero-order valence-corrected chi connectivity index (χ0v) is 30.9. The second-order valence-corrected chi connectivity index (χ2v) is 12.8. The van der Waals surface area contributed by atoms with Crippen LogP contribution >= 0.6 is 0 Å². The maximum atomic E-state index is 13.5. The third-order valence-corrected chi connectivity index (χ3v) is 8.10. The van der Waals surface area contributed by atoms with Crippen molar-refractivity contribution in [1.82, 2.24) is 42.1 Å². The monoisotopic (exact) mass is 803 g/mol. The number of likely N-dealkylation sites (tertiary alicyclic amines) is 1. The Balaban J connectivity index is 2.92. The van der Waals surface area contributed by atoms with Gasteiger partial charge in [0, 0.05) is 6.54 Å². The minimum absolute atomic E-state index is 0.0241. The molecule has 314 valence electrons. The summed E-state index contributed by atoms with van der Waals surface area (Å²) in [5, 5.41) is 62.6. The van der Waals surface area contributed by atoms with Crippen LogP contribution in [0.3, 0.4) is 0 Å². The van der Waals surface area contributed by atoms with Gasteiger partial charge in [-0.2, -0.15) is 0 Å². The summed E-state index contributed by atoms with van der Waals surface area (Å²) in [6.07, 6.45) is -4.64. The van der Waals surface area contributed by atoms with Crippen molar-refractivity contribution in [1.29, 1.82) is 0 Å². The summed E-state index contributed by atoms with van der Waals surface area (Å²) in [6, 6.07) is -11.0. The number of nitrogens with two attached hydrogens (primary N) is 1. The van der Waals surface area contributed by atoms with Crippen LogP contribution in [0.1, 0.15) is 53.4 Å². The lowest BCUT2D eigenvalue weighted by Crippen LogP contribution is -2.60. The Morgan fingerprint density at radius 3 is 1.68 bits per heavy atom. The smallest absolute Gasteiger partial charge is 0.326 e. The number of carboxylic acids is 3. The van der Waals surface area contributed by atoms with Crippen LogP contribution in [0.15, 0.2) is 0 Å². The topological polar surface area (TPSA) is 402 Å². The second-order valence-electron chi connectivity index (χ2n) is 12.8. The summed E-state index contributed by atoms with van der Waals surface area (Å²) >= 11 is 0. The van der Waals surface area contributed by atoms with E-state index in [0.717, 1.165) is 11.8 Å². The van der Waals surface area contributed by atoms with E-state index in [1.165, 1.54) is 20.8 Å². The largest absolute Gasteiger partial charge is 0.481 e. The SMILES string of the molecule is C[C@H](NC(=O)CNC(=O)[C@@H](NC(=O)CN)[C@@H](C)O)C(=O)N[C@H](C(=O)N1CCC[C@H]1C(=O)N[C@@H](C)C(=O)N[C@@H](CC(=O)O)C(=O)N[C@@H](CC(=O)O)C(=O)O)[C@@H](C)O. The highest BCUT2D eigenvalue weighted by atomic mass is 16.4. The first-order chi connectivity index (χ1) is 26.0. The number of carboxylic acid groups (broad SMARTS) is 3. The Bertz CT molecular complexity index is 1520. The number of aliphatic hydroxyl groups excluding tert-OH is 2. The number of nitrogens with one attached hydrogen (secondary N) is 7. The minimum atomic E-state index is -1.96. The van der Waals surface area contributed by atoms with E-state index >= 15 is 0 Å². The van der Waals surface area contributed by atoms with Gasteiger partial charge >= 0.3 is 17.9 Å². The molecule has 1 aliphatic rings. The lowest BCUT2D eigenvalue weighted by Gasteiger charge is -2.31. The maximum absolute atomic E-state index is 13.5. The second kappa shape index (κ2) is 22.4. The molecule has 0 radical (unpaired) electrons. The van der Waals surface area contributed by atoms with Gasteiger partial charge in [0.2, 0.25) is 47.3 Å². The summed E-state index contributed by atoms with van der Waals surface area (Å²) in [5.41, 5.74) is 5.19. The lowest BCUT2D eigenvalue weighted by molar-refractivity contribution is -0.148. The molecule has 25 nitrogen and oxygen atoms in total. The molecule has 0 saturated carbocycles. The number of carbonyl (C=O) groups excluding carboxylic acids is 8. The van der Waals surface area contributed by atoms with Crippen LogP contribution < -0.4 is 43.0 Å². The summed E-state index contributed by atoms with van der Waals surface area (Å²) in [6.45, 7) is 3.58. The quantitative estimate of drug-likeness (QED) is 0.0483. The van der Waals surface area contributed by atoms with E-state index in [1.54, 1.807) is 0 Å². The van der Waals surface area contributed by atoms with Crippen molar-refractivity contribution < 1.29 is 78.3 Å². The summed E-state index contributed by atoms with van der Waals surface area (Å²) in [4.78, 5) is 136. The van der Waals surface area contributed by atoms with E-state index in [4.69, 9.17) is 10.8 Å². The fourth-order valence-electron chi connectivity index (χ4n) is 5.12. The molecule has 56 heavy (non-hydrogen) atoms. The van der Waals surface area contributed by atoms with Gasteiger partial charge in [0.15, 0.2) is 0 Å². The van der Waals surface area contributed by atoms with Crippen molar-refractivity contribution in [2.75, 3.05) is 19.6 Å². The molecule has 1 saturated heterocycles. The van der Waals surface area contributed by atoms with Crippen LogP contribution in [0.5, 0.6) is 0 Å². The van der Waals surface area contributed by atoms with Gasteiger partial charge in [-0.3, -0.25) is 47.9 Å². The van der Waals surface area contributed by atoms with Crippen LogP contribution in [0.25, 0.3) is 0 Å². The standard InChI is InChI=1S/C31H49N9O16/c1-12(34-20(44)11-33-29(53)23(14(3)41)38-19(43)10-32)26(50)39-24(15(4)42)30(54)40-7-5-6-18(40)28(52)35-13(2)25(49)36-16(8-21(45)46)27(51)37-17(31(55)56)9-22(47)48/h12-18,23-24,41-42H,5-11,32H2,1-4H3,(H,33,53)(H,34,44)(H,35,52)(H,36,49)(H,37,51)(H,38,43)(H,39,50)(H,45,46)(H,47,48)(H,55,56)/t12-,13-,14+,15+,16-,17-,18-,23-,24-/m0/s1. The highest BCUT2D eigenvalue weighted by molar-refractivity contribution is 5.98. The molecule has 1 aliphatic heterocycles. The van der Waals surface area contributed by atoms with Crippen LogP contribution in [-0.4, -0.2) is 170 Å². The molecule has 1 fully saturated rings. The van der Waals surface area contributed by atoms with Gasteiger partial charge in [-0.1, -0.05) is 0 Å². The molecule has 0 aromatic heterocycles. The van der Waals surface area contributed by atoms with Crippen molar-refractivity contribution in [3.05, 3.63) is 0 Å². The molecule has 14 N–H and O–H groups in total. The van der Waals surface area contributed by atoms with Gasteiger partial charge in [0.25, 0.3) is 0 Å². The highest BCUT2D eigenvalue weighted by Crippen LogP contribution is 2.20. The molecule has 9 atom stereocenters. The lowest BCUT2D eigenvalue weighted by atomic mass is 10.1.